The van der Waals surface area contributed by atoms with Crippen molar-refractivity contribution in [1.29, 1.82) is 0 Å². The second-order valence-corrected chi connectivity index (χ2v) is 4.62. The van der Waals surface area contributed by atoms with Crippen LogP contribution in [0.3, 0.4) is 0 Å². The van der Waals surface area contributed by atoms with E-state index in [1.54, 1.807) is 36.2 Å². The van der Waals surface area contributed by atoms with Gasteiger partial charge in [0.1, 0.15) is 6.10 Å². The van der Waals surface area contributed by atoms with Crippen LogP contribution >= 0.6 is 0 Å². The fourth-order valence-corrected chi connectivity index (χ4v) is 1.96. The monoisotopic (exact) mass is 262 g/mol. The summed E-state index contributed by atoms with van der Waals surface area (Å²) in [6, 6.07) is 7.16. The standard InChI is InChI=1S/C14H18N2O3/c1-10(17)16(2)12-7-5-11(6-8-12)15-14(18)13-4-3-9-19-13/h5-8,13H,3-4,9H2,1-2H3,(H,15,18). The largest absolute Gasteiger partial charge is 0.368 e. The highest BCUT2D eigenvalue weighted by Gasteiger charge is 2.23. The van der Waals surface area contributed by atoms with Gasteiger partial charge < -0.3 is 15.0 Å². The molecule has 2 rings (SSSR count). The summed E-state index contributed by atoms with van der Waals surface area (Å²) < 4.78 is 5.32. The van der Waals surface area contributed by atoms with Crippen LogP contribution in [0.4, 0.5) is 11.4 Å². The number of rotatable bonds is 3. The molecule has 5 heteroatoms. The van der Waals surface area contributed by atoms with Gasteiger partial charge in [-0.15, -0.1) is 0 Å². The number of hydrogen-bond acceptors (Lipinski definition) is 3. The highest BCUT2D eigenvalue weighted by Crippen LogP contribution is 2.19. The summed E-state index contributed by atoms with van der Waals surface area (Å²) in [5.74, 6) is -0.138. The molecule has 19 heavy (non-hydrogen) atoms. The topological polar surface area (TPSA) is 58.6 Å². The Hall–Kier alpha value is -1.88. The van der Waals surface area contributed by atoms with Crippen molar-refractivity contribution in [3.05, 3.63) is 24.3 Å². The van der Waals surface area contributed by atoms with E-state index in [1.807, 2.05) is 0 Å². The van der Waals surface area contributed by atoms with Crippen molar-refractivity contribution in [2.75, 3.05) is 23.9 Å². The zero-order chi connectivity index (χ0) is 13.8. The number of carbonyl (C=O) groups is 2. The minimum Gasteiger partial charge on any atom is -0.368 e. The fourth-order valence-electron chi connectivity index (χ4n) is 1.96. The zero-order valence-electron chi connectivity index (χ0n) is 11.2. The van der Waals surface area contributed by atoms with E-state index < -0.39 is 0 Å². The molecule has 1 unspecified atom stereocenters. The Morgan fingerprint density at radius 3 is 2.53 bits per heavy atom. The van der Waals surface area contributed by atoms with E-state index in [0.717, 1.165) is 18.5 Å². The second-order valence-electron chi connectivity index (χ2n) is 4.62. The maximum atomic E-state index is 11.8. The number of nitrogens with one attached hydrogen (secondary N) is 1. The maximum Gasteiger partial charge on any atom is 0.253 e. The van der Waals surface area contributed by atoms with Crippen molar-refractivity contribution in [2.45, 2.75) is 25.9 Å². The molecule has 0 saturated carbocycles. The van der Waals surface area contributed by atoms with Crippen molar-refractivity contribution < 1.29 is 14.3 Å². The SMILES string of the molecule is CC(=O)N(C)c1ccc(NC(=O)C2CCCO2)cc1. The van der Waals surface area contributed by atoms with Gasteiger partial charge >= 0.3 is 0 Å². The van der Waals surface area contributed by atoms with Gasteiger partial charge in [-0.2, -0.15) is 0 Å². The maximum absolute atomic E-state index is 11.8. The summed E-state index contributed by atoms with van der Waals surface area (Å²) in [5.41, 5.74) is 1.50. The van der Waals surface area contributed by atoms with Crippen molar-refractivity contribution in [3.63, 3.8) is 0 Å². The van der Waals surface area contributed by atoms with Crippen LogP contribution in [0.25, 0.3) is 0 Å². The van der Waals surface area contributed by atoms with Crippen LogP contribution in [-0.4, -0.2) is 31.6 Å². The molecule has 0 radical (unpaired) electrons. The van der Waals surface area contributed by atoms with Gasteiger partial charge in [-0.3, -0.25) is 9.59 Å². The number of benzene rings is 1. The molecule has 1 atom stereocenters. The van der Waals surface area contributed by atoms with Crippen LogP contribution in [0.2, 0.25) is 0 Å². The smallest absolute Gasteiger partial charge is 0.253 e. The van der Waals surface area contributed by atoms with Gasteiger partial charge in [-0.1, -0.05) is 0 Å². The predicted octanol–water partition coefficient (Wildman–Crippen LogP) is 1.79. The van der Waals surface area contributed by atoms with E-state index in [9.17, 15) is 9.59 Å². The minimum absolute atomic E-state index is 0.0314. The lowest BCUT2D eigenvalue weighted by Gasteiger charge is -2.16. The summed E-state index contributed by atoms with van der Waals surface area (Å²) in [6.45, 7) is 2.16. The summed E-state index contributed by atoms with van der Waals surface area (Å²) in [6.07, 6.45) is 1.37. The normalized spacial score (nSPS) is 18.1. The number of amides is 2. The molecular formula is C14H18N2O3. The van der Waals surface area contributed by atoms with Gasteiger partial charge in [0.15, 0.2) is 0 Å². The Kier molecular flexibility index (Phi) is 4.16. The lowest BCUT2D eigenvalue weighted by Crippen LogP contribution is -2.27. The fraction of sp³-hybridized carbons (Fsp3) is 0.429. The number of hydrogen-bond donors (Lipinski definition) is 1. The second kappa shape index (κ2) is 5.84. The summed E-state index contributed by atoms with van der Waals surface area (Å²) in [7, 11) is 1.71. The first-order valence-corrected chi connectivity index (χ1v) is 6.35. The highest BCUT2D eigenvalue weighted by molar-refractivity contribution is 5.95. The Bertz CT molecular complexity index is 464. The molecule has 1 N–H and O–H groups in total. The van der Waals surface area contributed by atoms with E-state index in [2.05, 4.69) is 5.32 Å². The molecule has 0 spiro atoms. The van der Waals surface area contributed by atoms with Gasteiger partial charge in [0.05, 0.1) is 0 Å². The van der Waals surface area contributed by atoms with Crippen LogP contribution in [0.1, 0.15) is 19.8 Å². The quantitative estimate of drug-likeness (QED) is 0.903. The number of ether oxygens (including phenoxy) is 1. The summed E-state index contributed by atoms with van der Waals surface area (Å²) >= 11 is 0. The van der Waals surface area contributed by atoms with E-state index in [1.165, 1.54) is 6.92 Å². The van der Waals surface area contributed by atoms with Gasteiger partial charge in [0.25, 0.3) is 5.91 Å². The predicted molar refractivity (Wildman–Crippen MR) is 73.1 cm³/mol. The lowest BCUT2D eigenvalue weighted by molar-refractivity contribution is -0.124. The van der Waals surface area contributed by atoms with Gasteiger partial charge in [0.2, 0.25) is 5.91 Å². The number of carbonyl (C=O) groups excluding carboxylic acids is 2. The van der Waals surface area contributed by atoms with Crippen LogP contribution < -0.4 is 10.2 Å². The van der Waals surface area contributed by atoms with E-state index in [4.69, 9.17) is 4.74 Å². The molecule has 1 aromatic rings. The first kappa shape index (κ1) is 13.5. The average Bonchev–Trinajstić information content (AvgIpc) is 2.92. The molecule has 1 heterocycles. The van der Waals surface area contributed by atoms with Crippen LogP contribution in [-0.2, 0) is 14.3 Å². The summed E-state index contributed by atoms with van der Waals surface area (Å²) in [4.78, 5) is 24.6. The van der Waals surface area contributed by atoms with Crippen LogP contribution in [0.15, 0.2) is 24.3 Å². The Morgan fingerprint density at radius 1 is 1.32 bits per heavy atom. The Balaban J connectivity index is 1.98. The van der Waals surface area contributed by atoms with Crippen molar-refractivity contribution in [3.8, 4) is 0 Å². The van der Waals surface area contributed by atoms with E-state index >= 15 is 0 Å². The molecular weight excluding hydrogens is 244 g/mol. The zero-order valence-corrected chi connectivity index (χ0v) is 11.2. The van der Waals surface area contributed by atoms with Crippen molar-refractivity contribution >= 4 is 23.2 Å². The van der Waals surface area contributed by atoms with Crippen LogP contribution in [0, 0.1) is 0 Å². The molecule has 102 valence electrons. The van der Waals surface area contributed by atoms with Gasteiger partial charge in [-0.25, -0.2) is 0 Å². The van der Waals surface area contributed by atoms with Gasteiger partial charge in [-0.05, 0) is 37.1 Å². The first-order chi connectivity index (χ1) is 9.08. The molecule has 1 aliphatic heterocycles. The number of anilines is 2. The molecule has 1 aliphatic rings. The third kappa shape index (κ3) is 3.32. The molecule has 5 nitrogen and oxygen atoms in total. The Labute approximate surface area is 112 Å². The molecule has 2 amide bonds. The van der Waals surface area contributed by atoms with Crippen LogP contribution in [0.5, 0.6) is 0 Å². The number of nitrogens with zero attached hydrogens (tertiary/aromatic N) is 1. The minimum atomic E-state index is -0.334. The molecule has 0 aliphatic carbocycles. The highest BCUT2D eigenvalue weighted by atomic mass is 16.5. The molecule has 0 aromatic heterocycles. The van der Waals surface area contributed by atoms with E-state index in [0.29, 0.717) is 12.3 Å². The Morgan fingerprint density at radius 2 is 2.00 bits per heavy atom. The van der Waals surface area contributed by atoms with E-state index in [-0.39, 0.29) is 17.9 Å². The molecule has 1 aromatic carbocycles. The molecule has 0 bridgehead atoms. The third-order valence-electron chi connectivity index (χ3n) is 3.22. The third-order valence-corrected chi connectivity index (χ3v) is 3.22. The molecule has 1 saturated heterocycles. The molecule has 1 fully saturated rings. The van der Waals surface area contributed by atoms with Crippen molar-refractivity contribution in [1.82, 2.24) is 0 Å². The average molecular weight is 262 g/mol. The van der Waals surface area contributed by atoms with Gasteiger partial charge in [0, 0.05) is 32.0 Å². The summed E-state index contributed by atoms with van der Waals surface area (Å²) in [5, 5.41) is 2.81. The van der Waals surface area contributed by atoms with Crippen molar-refractivity contribution in [2.24, 2.45) is 0 Å². The lowest BCUT2D eigenvalue weighted by atomic mass is 10.2. The first-order valence-electron chi connectivity index (χ1n) is 6.35.